The van der Waals surface area contributed by atoms with Crippen molar-refractivity contribution in [1.82, 2.24) is 0 Å². The molecule has 0 aromatic heterocycles. The molecular weight excluding hydrogens is 228 g/mol. The molecule has 1 heterocycles. The topological polar surface area (TPSA) is 46.5 Å². The summed E-state index contributed by atoms with van der Waals surface area (Å²) in [5.74, 6) is -0.546. The van der Waals surface area contributed by atoms with Crippen LogP contribution >= 0.6 is 11.6 Å². The molecule has 1 aromatic rings. The van der Waals surface area contributed by atoms with E-state index in [9.17, 15) is 4.79 Å². The van der Waals surface area contributed by atoms with Crippen molar-refractivity contribution >= 4 is 23.6 Å². The predicted octanol–water partition coefficient (Wildman–Crippen LogP) is 3.22. The zero-order valence-corrected chi connectivity index (χ0v) is 9.71. The first-order valence-electron chi connectivity index (χ1n) is 4.85. The van der Waals surface area contributed by atoms with Crippen molar-refractivity contribution in [2.24, 2.45) is 0 Å². The Labute approximate surface area is 98.3 Å². The highest BCUT2D eigenvalue weighted by Crippen LogP contribution is 2.38. The van der Waals surface area contributed by atoms with Crippen LogP contribution in [0.2, 0.25) is 5.02 Å². The van der Waals surface area contributed by atoms with E-state index >= 15 is 0 Å². The van der Waals surface area contributed by atoms with Gasteiger partial charge in [0.25, 0.3) is 0 Å². The number of hydrogen-bond acceptors (Lipinski definition) is 2. The Hall–Kier alpha value is -1.48. The fourth-order valence-electron chi connectivity index (χ4n) is 1.61. The molecular formula is C12H11ClO3. The molecule has 0 atom stereocenters. The zero-order chi connectivity index (χ0) is 11.9. The monoisotopic (exact) mass is 238 g/mol. The summed E-state index contributed by atoms with van der Waals surface area (Å²) in [5.41, 5.74) is 0.263. The van der Waals surface area contributed by atoms with Gasteiger partial charge in [0.1, 0.15) is 11.4 Å². The largest absolute Gasteiger partial charge is 0.482 e. The second kappa shape index (κ2) is 3.52. The molecule has 3 nitrogen and oxygen atoms in total. The normalized spacial score (nSPS) is 16.4. The second-order valence-electron chi connectivity index (χ2n) is 4.18. The summed E-state index contributed by atoms with van der Waals surface area (Å²) in [6.07, 6.45) is 3.56. The molecule has 4 heteroatoms. The summed E-state index contributed by atoms with van der Waals surface area (Å²) in [7, 11) is 0. The van der Waals surface area contributed by atoms with Gasteiger partial charge in [0, 0.05) is 5.56 Å². The Morgan fingerprint density at radius 3 is 2.75 bits per heavy atom. The third-order valence-electron chi connectivity index (χ3n) is 2.39. The minimum absolute atomic E-state index is 0.200. The third kappa shape index (κ3) is 1.78. The fraction of sp³-hybridized carbons (Fsp3) is 0.250. The molecule has 0 aliphatic carbocycles. The van der Waals surface area contributed by atoms with Crippen LogP contribution in [0, 0.1) is 0 Å². The summed E-state index contributed by atoms with van der Waals surface area (Å²) < 4.78 is 5.66. The summed E-state index contributed by atoms with van der Waals surface area (Å²) in [4.78, 5) is 11.0. The third-order valence-corrected chi connectivity index (χ3v) is 2.69. The number of fused-ring (bicyclic) bond motifs is 1. The lowest BCUT2D eigenvalue weighted by Gasteiger charge is -2.29. The molecule has 2 rings (SSSR count). The van der Waals surface area contributed by atoms with Gasteiger partial charge in [-0.2, -0.15) is 0 Å². The average Bonchev–Trinajstić information content (AvgIpc) is 2.18. The Balaban J connectivity index is 2.64. The number of carboxylic acids is 1. The minimum Gasteiger partial charge on any atom is -0.482 e. The van der Waals surface area contributed by atoms with E-state index in [1.165, 1.54) is 6.07 Å². The minimum atomic E-state index is -0.985. The molecule has 0 radical (unpaired) electrons. The van der Waals surface area contributed by atoms with Gasteiger partial charge in [-0.1, -0.05) is 17.7 Å². The van der Waals surface area contributed by atoms with E-state index in [1.54, 1.807) is 12.1 Å². The maximum Gasteiger partial charge on any atom is 0.336 e. The number of halogens is 1. The molecule has 0 fully saturated rings. The fourth-order valence-corrected chi connectivity index (χ4v) is 1.81. The molecule has 1 aliphatic heterocycles. The van der Waals surface area contributed by atoms with Gasteiger partial charge in [-0.15, -0.1) is 0 Å². The molecule has 0 saturated carbocycles. The Kier molecular flexibility index (Phi) is 2.43. The van der Waals surface area contributed by atoms with Gasteiger partial charge in [0.05, 0.1) is 10.6 Å². The van der Waals surface area contributed by atoms with Crippen molar-refractivity contribution in [2.45, 2.75) is 19.4 Å². The first-order chi connectivity index (χ1) is 7.41. The van der Waals surface area contributed by atoms with E-state index in [2.05, 4.69) is 0 Å². The van der Waals surface area contributed by atoms with Crippen molar-refractivity contribution in [3.63, 3.8) is 0 Å². The maximum absolute atomic E-state index is 11.0. The van der Waals surface area contributed by atoms with Gasteiger partial charge < -0.3 is 9.84 Å². The van der Waals surface area contributed by atoms with Gasteiger partial charge in [0.2, 0.25) is 0 Å². The molecule has 0 bridgehead atoms. The summed E-state index contributed by atoms with van der Waals surface area (Å²) >= 11 is 5.99. The number of benzene rings is 1. The van der Waals surface area contributed by atoms with E-state index in [-0.39, 0.29) is 5.56 Å². The van der Waals surface area contributed by atoms with Crippen LogP contribution in [-0.2, 0) is 0 Å². The van der Waals surface area contributed by atoms with E-state index in [4.69, 9.17) is 21.4 Å². The first kappa shape index (κ1) is 11.0. The van der Waals surface area contributed by atoms with Gasteiger partial charge in [-0.05, 0) is 32.1 Å². The van der Waals surface area contributed by atoms with Crippen molar-refractivity contribution < 1.29 is 14.6 Å². The van der Waals surface area contributed by atoms with Crippen LogP contribution in [0.3, 0.4) is 0 Å². The van der Waals surface area contributed by atoms with Crippen molar-refractivity contribution in [3.8, 4) is 5.75 Å². The zero-order valence-electron chi connectivity index (χ0n) is 8.95. The molecule has 0 amide bonds. The van der Waals surface area contributed by atoms with E-state index < -0.39 is 11.6 Å². The molecule has 84 valence electrons. The van der Waals surface area contributed by atoms with Gasteiger partial charge >= 0.3 is 5.97 Å². The smallest absolute Gasteiger partial charge is 0.336 e. The Morgan fingerprint density at radius 2 is 2.12 bits per heavy atom. The Bertz CT molecular complexity index is 489. The second-order valence-corrected chi connectivity index (χ2v) is 4.59. The van der Waals surface area contributed by atoms with Crippen LogP contribution in [0.1, 0.15) is 29.8 Å². The SMILES string of the molecule is CC1(C)C=Cc2c(C(=O)O)ccc(Cl)c2O1. The number of aromatic carboxylic acids is 1. The number of ether oxygens (including phenoxy) is 1. The molecule has 0 unspecified atom stereocenters. The number of hydrogen-bond donors (Lipinski definition) is 1. The van der Waals surface area contributed by atoms with Crippen LogP contribution in [0.15, 0.2) is 18.2 Å². The summed E-state index contributed by atoms with van der Waals surface area (Å²) in [6, 6.07) is 3.02. The molecule has 1 N–H and O–H groups in total. The molecule has 1 aliphatic rings. The average molecular weight is 239 g/mol. The number of rotatable bonds is 1. The lowest BCUT2D eigenvalue weighted by atomic mass is 9.98. The number of carboxylic acid groups (broad SMARTS) is 1. The number of carbonyl (C=O) groups is 1. The van der Waals surface area contributed by atoms with Gasteiger partial charge in [-0.3, -0.25) is 0 Å². The highest BCUT2D eigenvalue weighted by Gasteiger charge is 2.26. The summed E-state index contributed by atoms with van der Waals surface area (Å²) in [6.45, 7) is 3.77. The lowest BCUT2D eigenvalue weighted by molar-refractivity contribution is 0.0694. The molecule has 1 aromatic carbocycles. The predicted molar refractivity (Wildman–Crippen MR) is 62.2 cm³/mol. The van der Waals surface area contributed by atoms with Gasteiger partial charge in [-0.25, -0.2) is 4.79 Å². The van der Waals surface area contributed by atoms with E-state index in [0.717, 1.165) is 0 Å². The molecule has 0 spiro atoms. The van der Waals surface area contributed by atoms with Crippen molar-refractivity contribution in [2.75, 3.05) is 0 Å². The van der Waals surface area contributed by atoms with Crippen LogP contribution in [0.25, 0.3) is 6.08 Å². The van der Waals surface area contributed by atoms with Crippen LogP contribution in [0.5, 0.6) is 5.75 Å². The van der Waals surface area contributed by atoms with Crippen LogP contribution < -0.4 is 4.74 Å². The molecule has 16 heavy (non-hydrogen) atoms. The first-order valence-corrected chi connectivity index (χ1v) is 5.22. The lowest BCUT2D eigenvalue weighted by Crippen LogP contribution is -2.28. The van der Waals surface area contributed by atoms with E-state index in [0.29, 0.717) is 16.3 Å². The maximum atomic E-state index is 11.0. The van der Waals surface area contributed by atoms with Gasteiger partial charge in [0.15, 0.2) is 0 Å². The van der Waals surface area contributed by atoms with Crippen molar-refractivity contribution in [1.29, 1.82) is 0 Å². The Morgan fingerprint density at radius 1 is 1.44 bits per heavy atom. The van der Waals surface area contributed by atoms with Crippen molar-refractivity contribution in [3.05, 3.63) is 34.4 Å². The summed E-state index contributed by atoms with van der Waals surface area (Å²) in [5, 5.41) is 9.46. The quantitative estimate of drug-likeness (QED) is 0.817. The van der Waals surface area contributed by atoms with E-state index in [1.807, 2.05) is 19.9 Å². The standard InChI is InChI=1S/C12H11ClO3/c1-12(2)6-5-7-8(11(14)15)3-4-9(13)10(7)16-12/h3-6H,1-2H3,(H,14,15). The van der Waals surface area contributed by atoms with Crippen LogP contribution in [-0.4, -0.2) is 16.7 Å². The highest BCUT2D eigenvalue weighted by molar-refractivity contribution is 6.32. The highest BCUT2D eigenvalue weighted by atomic mass is 35.5. The van der Waals surface area contributed by atoms with Crippen LogP contribution in [0.4, 0.5) is 0 Å². The molecule has 0 saturated heterocycles.